The first-order valence-electron chi connectivity index (χ1n) is 7.12. The maximum absolute atomic E-state index is 13.7. The Labute approximate surface area is 129 Å². The summed E-state index contributed by atoms with van der Waals surface area (Å²) in [6.07, 6.45) is 1.79. The molecule has 2 N–H and O–H groups in total. The van der Waals surface area contributed by atoms with Crippen LogP contribution in [0.3, 0.4) is 0 Å². The van der Waals surface area contributed by atoms with Crippen LogP contribution in [0.1, 0.15) is 25.3 Å². The number of thioether (sulfide) groups is 1. The second kappa shape index (κ2) is 7.58. The normalized spacial score (nSPS) is 19.0. The molecular weight excluding hydrogens is 311 g/mol. The van der Waals surface area contributed by atoms with E-state index in [4.69, 9.17) is 0 Å². The molecule has 1 aromatic rings. The molecule has 2 rings (SSSR count). The Morgan fingerprint density at radius 1 is 1.43 bits per heavy atom. The molecule has 1 aliphatic rings. The van der Waals surface area contributed by atoms with Crippen molar-refractivity contribution in [2.75, 3.05) is 18.1 Å². The monoisotopic (exact) mass is 332 g/mol. The molecule has 4 nitrogen and oxygen atoms in total. The average molecular weight is 332 g/mol. The molecule has 1 aliphatic heterocycles. The lowest BCUT2D eigenvalue weighted by Gasteiger charge is -2.13. The summed E-state index contributed by atoms with van der Waals surface area (Å²) in [4.78, 5) is 0.133. The highest BCUT2D eigenvalue weighted by Gasteiger charge is 2.23. The minimum Gasteiger partial charge on any atom is -0.313 e. The summed E-state index contributed by atoms with van der Waals surface area (Å²) in [6, 6.07) is 3.94. The second-order valence-electron chi connectivity index (χ2n) is 5.11. The number of hydrogen-bond acceptors (Lipinski definition) is 4. The summed E-state index contributed by atoms with van der Waals surface area (Å²) in [7, 11) is -3.57. The van der Waals surface area contributed by atoms with Gasteiger partial charge in [-0.25, -0.2) is 17.5 Å². The standard InChI is InChI=1S/C14H21FN2O2S2/c1-2-6-16-9-11-8-13(3-4-14(11)15)21(18,19)17-12-5-7-20-10-12/h3-4,8,12,16-17H,2,5-7,9-10H2,1H3. The van der Waals surface area contributed by atoms with Crippen molar-refractivity contribution < 1.29 is 12.8 Å². The maximum Gasteiger partial charge on any atom is 0.240 e. The number of benzene rings is 1. The van der Waals surface area contributed by atoms with Crippen molar-refractivity contribution in [3.63, 3.8) is 0 Å². The van der Waals surface area contributed by atoms with Crippen molar-refractivity contribution in [1.29, 1.82) is 0 Å². The fourth-order valence-corrected chi connectivity index (χ4v) is 4.75. The number of rotatable bonds is 7. The van der Waals surface area contributed by atoms with Crippen LogP contribution in [0.25, 0.3) is 0 Å². The van der Waals surface area contributed by atoms with Crippen molar-refractivity contribution in [3.8, 4) is 0 Å². The molecule has 1 aromatic carbocycles. The van der Waals surface area contributed by atoms with Gasteiger partial charge in [-0.3, -0.25) is 0 Å². The van der Waals surface area contributed by atoms with Gasteiger partial charge in [0.2, 0.25) is 10.0 Å². The maximum atomic E-state index is 13.7. The topological polar surface area (TPSA) is 58.2 Å². The van der Waals surface area contributed by atoms with E-state index in [-0.39, 0.29) is 16.8 Å². The number of hydrogen-bond donors (Lipinski definition) is 2. The molecule has 0 spiro atoms. The molecule has 0 saturated carbocycles. The van der Waals surface area contributed by atoms with Crippen molar-refractivity contribution in [3.05, 3.63) is 29.6 Å². The highest BCUT2D eigenvalue weighted by molar-refractivity contribution is 7.99. The van der Waals surface area contributed by atoms with Gasteiger partial charge in [0.25, 0.3) is 0 Å². The minimum atomic E-state index is -3.57. The van der Waals surface area contributed by atoms with Crippen molar-refractivity contribution in [2.45, 2.75) is 37.2 Å². The van der Waals surface area contributed by atoms with E-state index in [2.05, 4.69) is 10.0 Å². The van der Waals surface area contributed by atoms with Crippen LogP contribution in [-0.2, 0) is 16.6 Å². The van der Waals surface area contributed by atoms with Crippen LogP contribution in [0, 0.1) is 5.82 Å². The summed E-state index contributed by atoms with van der Waals surface area (Å²) >= 11 is 1.74. The lowest BCUT2D eigenvalue weighted by Crippen LogP contribution is -2.34. The summed E-state index contributed by atoms with van der Waals surface area (Å²) < 4.78 is 41.1. The fourth-order valence-electron chi connectivity index (χ4n) is 2.17. The number of nitrogens with one attached hydrogen (secondary N) is 2. The Morgan fingerprint density at radius 2 is 2.24 bits per heavy atom. The van der Waals surface area contributed by atoms with Gasteiger partial charge in [0.05, 0.1) is 4.90 Å². The fraction of sp³-hybridized carbons (Fsp3) is 0.571. The molecule has 0 aromatic heterocycles. The van der Waals surface area contributed by atoms with E-state index in [1.54, 1.807) is 11.8 Å². The van der Waals surface area contributed by atoms with Gasteiger partial charge < -0.3 is 5.32 Å². The van der Waals surface area contributed by atoms with Gasteiger partial charge in [0, 0.05) is 23.9 Å². The summed E-state index contributed by atoms with van der Waals surface area (Å²) in [5.41, 5.74) is 0.382. The van der Waals surface area contributed by atoms with E-state index in [0.29, 0.717) is 12.1 Å². The van der Waals surface area contributed by atoms with Gasteiger partial charge in [-0.1, -0.05) is 6.92 Å². The molecular formula is C14H21FN2O2S2. The van der Waals surface area contributed by atoms with E-state index in [1.165, 1.54) is 18.2 Å². The van der Waals surface area contributed by atoms with E-state index in [0.717, 1.165) is 30.9 Å². The number of sulfonamides is 1. The first-order valence-corrected chi connectivity index (χ1v) is 9.76. The number of halogens is 1. The molecule has 1 heterocycles. The molecule has 118 valence electrons. The third-order valence-corrected chi connectivity index (χ3v) is 6.00. The van der Waals surface area contributed by atoms with Gasteiger partial charge in [0.15, 0.2) is 0 Å². The third-order valence-electron chi connectivity index (χ3n) is 3.32. The van der Waals surface area contributed by atoms with Crippen LogP contribution in [0.2, 0.25) is 0 Å². The van der Waals surface area contributed by atoms with Crippen LogP contribution in [-0.4, -0.2) is 32.5 Å². The zero-order chi connectivity index (χ0) is 15.3. The summed E-state index contributed by atoms with van der Waals surface area (Å²) in [6.45, 7) is 3.13. The van der Waals surface area contributed by atoms with Crippen LogP contribution in [0.4, 0.5) is 4.39 Å². The van der Waals surface area contributed by atoms with Crippen molar-refractivity contribution in [2.24, 2.45) is 0 Å². The lowest BCUT2D eigenvalue weighted by atomic mass is 10.2. The Morgan fingerprint density at radius 3 is 2.90 bits per heavy atom. The highest BCUT2D eigenvalue weighted by atomic mass is 32.2. The molecule has 1 saturated heterocycles. The third kappa shape index (κ3) is 4.67. The van der Waals surface area contributed by atoms with Gasteiger partial charge in [-0.05, 0) is 43.3 Å². The van der Waals surface area contributed by atoms with Gasteiger partial charge in [-0.15, -0.1) is 0 Å². The smallest absolute Gasteiger partial charge is 0.240 e. The molecule has 0 aliphatic carbocycles. The molecule has 0 bridgehead atoms. The predicted molar refractivity (Wildman–Crippen MR) is 84.4 cm³/mol. The zero-order valence-corrected chi connectivity index (χ0v) is 13.7. The molecule has 1 fully saturated rings. The molecule has 7 heteroatoms. The minimum absolute atomic E-state index is 0.0216. The zero-order valence-electron chi connectivity index (χ0n) is 12.1. The Bertz CT molecular complexity index is 572. The quantitative estimate of drug-likeness (QED) is 0.751. The summed E-state index contributed by atoms with van der Waals surface area (Å²) in [5.74, 6) is 1.39. The molecule has 21 heavy (non-hydrogen) atoms. The largest absolute Gasteiger partial charge is 0.313 e. The Balaban J connectivity index is 2.12. The predicted octanol–water partition coefficient (Wildman–Crippen LogP) is 2.11. The van der Waals surface area contributed by atoms with Crippen LogP contribution in [0.5, 0.6) is 0 Å². The Hall–Kier alpha value is -0.630. The lowest BCUT2D eigenvalue weighted by molar-refractivity contribution is 0.560. The summed E-state index contributed by atoms with van der Waals surface area (Å²) in [5, 5.41) is 3.09. The van der Waals surface area contributed by atoms with Crippen LogP contribution >= 0.6 is 11.8 Å². The Kier molecular flexibility index (Phi) is 6.04. The van der Waals surface area contributed by atoms with Crippen molar-refractivity contribution in [1.82, 2.24) is 10.0 Å². The van der Waals surface area contributed by atoms with E-state index >= 15 is 0 Å². The highest BCUT2D eigenvalue weighted by Crippen LogP contribution is 2.21. The molecule has 1 atom stereocenters. The van der Waals surface area contributed by atoms with Crippen LogP contribution < -0.4 is 10.0 Å². The van der Waals surface area contributed by atoms with Gasteiger partial charge in [0.1, 0.15) is 5.82 Å². The first-order chi connectivity index (χ1) is 10.0. The van der Waals surface area contributed by atoms with E-state index < -0.39 is 10.0 Å². The van der Waals surface area contributed by atoms with E-state index in [9.17, 15) is 12.8 Å². The molecule has 1 unspecified atom stereocenters. The molecule has 0 radical (unpaired) electrons. The first kappa shape index (κ1) is 16.7. The van der Waals surface area contributed by atoms with Crippen molar-refractivity contribution >= 4 is 21.8 Å². The van der Waals surface area contributed by atoms with E-state index in [1.807, 2.05) is 6.92 Å². The molecule has 0 amide bonds. The SMILES string of the molecule is CCCNCc1cc(S(=O)(=O)NC2CCSC2)ccc1F. The average Bonchev–Trinajstić information content (AvgIpc) is 2.93. The van der Waals surface area contributed by atoms with Gasteiger partial charge >= 0.3 is 0 Å². The van der Waals surface area contributed by atoms with Gasteiger partial charge in [-0.2, -0.15) is 11.8 Å². The second-order valence-corrected chi connectivity index (χ2v) is 7.98. The van der Waals surface area contributed by atoms with Crippen LogP contribution in [0.15, 0.2) is 23.1 Å².